The first-order valence-electron chi connectivity index (χ1n) is 32.1. The third-order valence-electron chi connectivity index (χ3n) is 20.4. The fourth-order valence-electron chi connectivity index (χ4n) is 14.1. The van der Waals surface area contributed by atoms with Crippen LogP contribution in [0.25, 0.3) is 0 Å². The molecule has 6 fully saturated rings. The summed E-state index contributed by atoms with van der Waals surface area (Å²) in [5.74, 6) is 0. The van der Waals surface area contributed by atoms with E-state index < -0.39 is 0 Å². The molecular formula is C66H126BaO6Ti. The fraction of sp³-hybridized carbons (Fsp3) is 1.00. The van der Waals surface area contributed by atoms with Crippen LogP contribution >= 0.6 is 0 Å². The van der Waals surface area contributed by atoms with Gasteiger partial charge in [-0.25, -0.2) is 0 Å². The molecule has 0 heterocycles. The summed E-state index contributed by atoms with van der Waals surface area (Å²) in [7, 11) is 0. The van der Waals surface area contributed by atoms with E-state index in [1.165, 1.54) is 154 Å². The smallest absolute Gasteiger partial charge is 0.852 e. The van der Waals surface area contributed by atoms with Gasteiger partial charge in [0, 0.05) is 0 Å². The van der Waals surface area contributed by atoms with Gasteiger partial charge in [0.2, 0.25) is 0 Å². The molecule has 6 atom stereocenters. The summed E-state index contributed by atoms with van der Waals surface area (Å²) < 4.78 is 0. The first kappa shape index (κ1) is 78.1. The van der Waals surface area contributed by atoms with E-state index >= 15 is 0 Å². The molecular weight excluding hydrogens is 1070 g/mol. The molecule has 0 saturated heterocycles. The van der Waals surface area contributed by atoms with Gasteiger partial charge in [0.15, 0.2) is 0 Å². The van der Waals surface area contributed by atoms with Crippen molar-refractivity contribution in [2.24, 2.45) is 32.5 Å². The molecule has 0 aliphatic heterocycles. The third kappa shape index (κ3) is 29.3. The van der Waals surface area contributed by atoms with Gasteiger partial charge in [-0.05, 0) is 110 Å². The first-order valence-corrected chi connectivity index (χ1v) is 32.1. The minimum Gasteiger partial charge on any atom is -0.852 e. The average molecular weight is 1200 g/mol. The summed E-state index contributed by atoms with van der Waals surface area (Å²) >= 11 is 0. The van der Waals surface area contributed by atoms with Crippen molar-refractivity contribution >= 4 is 48.9 Å². The second-order valence-corrected chi connectivity index (χ2v) is 26.8. The quantitative estimate of drug-likeness (QED) is 0.141. The van der Waals surface area contributed by atoms with Crippen molar-refractivity contribution in [3.8, 4) is 0 Å². The molecule has 8 heteroatoms. The monoisotopic (exact) mass is 1200 g/mol. The van der Waals surface area contributed by atoms with Crippen molar-refractivity contribution in [1.82, 2.24) is 0 Å². The van der Waals surface area contributed by atoms with Gasteiger partial charge in [-0.2, -0.15) is 0 Å². The summed E-state index contributed by atoms with van der Waals surface area (Å²) in [5.41, 5.74) is 0.698. The molecule has 432 valence electrons. The van der Waals surface area contributed by atoms with Crippen LogP contribution in [0.3, 0.4) is 0 Å². The Morgan fingerprint density at radius 2 is 0.297 bits per heavy atom. The van der Waals surface area contributed by atoms with Crippen LogP contribution in [0.5, 0.6) is 0 Å². The van der Waals surface area contributed by atoms with Gasteiger partial charge in [-0.15, -0.1) is 36.6 Å². The average Bonchev–Trinajstić information content (AvgIpc) is 4.07. The number of hydrogen-bond acceptors (Lipinski definition) is 6. The Labute approximate surface area is 518 Å². The molecule has 6 aliphatic carbocycles. The Kier molecular flexibility index (Phi) is 45.2. The van der Waals surface area contributed by atoms with Crippen molar-refractivity contribution in [3.63, 3.8) is 0 Å². The normalized spacial score (nSPS) is 25.5. The van der Waals surface area contributed by atoms with E-state index in [2.05, 4.69) is 41.5 Å². The van der Waals surface area contributed by atoms with E-state index in [4.69, 9.17) is 0 Å². The molecule has 0 aromatic heterocycles. The van der Waals surface area contributed by atoms with E-state index in [-0.39, 0.29) is 140 Å². The molecule has 74 heavy (non-hydrogen) atoms. The van der Waals surface area contributed by atoms with Crippen molar-refractivity contribution < 1.29 is 52.4 Å². The van der Waals surface area contributed by atoms with E-state index in [0.29, 0.717) is 0 Å². The van der Waals surface area contributed by atoms with Gasteiger partial charge >= 0.3 is 70.6 Å². The minimum absolute atomic E-state index is 0. The Morgan fingerprint density at radius 3 is 0.365 bits per heavy atom. The van der Waals surface area contributed by atoms with Crippen LogP contribution in [0.4, 0.5) is 0 Å². The maximum atomic E-state index is 11.7. The molecule has 0 bridgehead atoms. The largest absolute Gasteiger partial charge is 4.00 e. The zero-order chi connectivity index (χ0) is 54.2. The Bertz CT molecular complexity index is 1000. The van der Waals surface area contributed by atoms with Gasteiger partial charge in [-0.3, -0.25) is 0 Å². The molecule has 6 unspecified atom stereocenters. The maximum absolute atomic E-state index is 11.7. The number of rotatable bonds is 12. The Balaban J connectivity index is 0. The van der Waals surface area contributed by atoms with E-state index in [9.17, 15) is 30.6 Å². The van der Waals surface area contributed by atoms with E-state index in [1.807, 2.05) is 41.5 Å². The molecule has 6 nitrogen and oxygen atoms in total. The molecule has 6 aliphatic rings. The van der Waals surface area contributed by atoms with Crippen LogP contribution < -0.4 is 30.6 Å². The second-order valence-electron chi connectivity index (χ2n) is 26.8. The van der Waals surface area contributed by atoms with Gasteiger partial charge in [-0.1, -0.05) is 276 Å². The van der Waals surface area contributed by atoms with E-state index in [0.717, 1.165) is 116 Å². The van der Waals surface area contributed by atoms with Gasteiger partial charge in [0.05, 0.1) is 0 Å². The molecule has 0 N–H and O–H groups in total. The van der Waals surface area contributed by atoms with Gasteiger partial charge in [0.1, 0.15) is 0 Å². The predicted molar refractivity (Wildman–Crippen MR) is 305 cm³/mol. The first-order chi connectivity index (χ1) is 34.1. The van der Waals surface area contributed by atoms with Crippen molar-refractivity contribution in [2.45, 2.75) is 389 Å². The topological polar surface area (TPSA) is 138 Å². The summed E-state index contributed by atoms with van der Waals surface area (Å²) in [6.45, 7) is 25.3. The molecule has 0 aromatic rings. The van der Waals surface area contributed by atoms with E-state index in [1.54, 1.807) is 0 Å². The molecule has 0 radical (unpaired) electrons. The van der Waals surface area contributed by atoms with Crippen LogP contribution in [-0.2, 0) is 21.7 Å². The zero-order valence-corrected chi connectivity index (χ0v) is 57.8. The maximum Gasteiger partial charge on any atom is 4.00 e. The standard InChI is InChI=1S/6C11H21O.Ba.Ti/c6*1-3-10(12)11(2)8-6-4-5-7-9-11;;/h6*10H,3-9H2,1-2H3;;/q6*-1;+2;+4. The summed E-state index contributed by atoms with van der Waals surface area (Å²) in [4.78, 5) is 0. The summed E-state index contributed by atoms with van der Waals surface area (Å²) in [6, 6.07) is 0. The van der Waals surface area contributed by atoms with Crippen LogP contribution in [0, 0.1) is 32.5 Å². The summed E-state index contributed by atoms with van der Waals surface area (Å²) in [5, 5.41) is 70.3. The van der Waals surface area contributed by atoms with Crippen molar-refractivity contribution in [3.05, 3.63) is 0 Å². The number of hydrogen-bond donors (Lipinski definition) is 0. The molecule has 0 spiro atoms. The van der Waals surface area contributed by atoms with Crippen molar-refractivity contribution in [2.75, 3.05) is 0 Å². The zero-order valence-electron chi connectivity index (χ0n) is 51.8. The third-order valence-corrected chi connectivity index (χ3v) is 20.4. The second kappa shape index (κ2) is 42.8. The van der Waals surface area contributed by atoms with Crippen LogP contribution in [0.15, 0.2) is 0 Å². The predicted octanol–water partition coefficient (Wildman–Crippen LogP) is 14.5. The van der Waals surface area contributed by atoms with Gasteiger partial charge in [0.25, 0.3) is 0 Å². The van der Waals surface area contributed by atoms with Crippen LogP contribution in [0.2, 0.25) is 0 Å². The summed E-state index contributed by atoms with van der Waals surface area (Å²) in [6.07, 6.45) is 48.2. The molecule has 0 aromatic carbocycles. The minimum atomic E-state index is -0.324. The molecule has 6 saturated carbocycles. The van der Waals surface area contributed by atoms with Crippen LogP contribution in [-0.4, -0.2) is 85.5 Å². The van der Waals surface area contributed by atoms with Crippen LogP contribution in [0.1, 0.15) is 353 Å². The Morgan fingerprint density at radius 1 is 0.216 bits per heavy atom. The Hall–Kier alpha value is 2.05. The fourth-order valence-corrected chi connectivity index (χ4v) is 14.1. The molecule has 0 amide bonds. The SMILES string of the molecule is CCC([O-])C1(C)CCCCCC1.CCC([O-])C1(C)CCCCCC1.CCC([O-])C1(C)CCCCCC1.CCC([O-])C1(C)CCCCCC1.CCC([O-])C1(C)CCCCCC1.CCC([O-])C1(C)CCCCCC1.[Ba+2].[Ti+4]. The van der Waals surface area contributed by atoms with Crippen molar-refractivity contribution in [1.29, 1.82) is 0 Å². The van der Waals surface area contributed by atoms with Gasteiger partial charge < -0.3 is 30.6 Å². The molecule has 6 rings (SSSR count).